The van der Waals surface area contributed by atoms with Crippen LogP contribution in [0.4, 0.5) is 4.39 Å². The number of carbonyl (C=O) groups excluding carboxylic acids is 1. The van der Waals surface area contributed by atoms with Crippen LogP contribution in [0.3, 0.4) is 0 Å². The Bertz CT molecular complexity index is 919. The highest BCUT2D eigenvalue weighted by atomic mass is 32.1. The number of H-pyrrole nitrogens is 1. The molecule has 4 rings (SSSR count). The van der Waals surface area contributed by atoms with E-state index >= 15 is 0 Å². The minimum Gasteiger partial charge on any atom is -0.340 e. The Balaban J connectivity index is 1.60. The summed E-state index contributed by atoms with van der Waals surface area (Å²) in [7, 11) is 0. The summed E-state index contributed by atoms with van der Waals surface area (Å²) in [6.07, 6.45) is 3.22. The van der Waals surface area contributed by atoms with Crippen LogP contribution in [0.15, 0.2) is 23.6 Å². The maximum absolute atomic E-state index is 13.4. The van der Waals surface area contributed by atoms with Gasteiger partial charge in [-0.15, -0.1) is 11.3 Å². The SMILES string of the molecule is Cc1nc(CC(=O)N2CCCCC2c2nc3ccc(F)cc3[nH]2)cs1. The molecule has 1 amide bonds. The van der Waals surface area contributed by atoms with Gasteiger partial charge in [-0.25, -0.2) is 14.4 Å². The molecule has 7 heteroatoms. The van der Waals surface area contributed by atoms with E-state index in [-0.39, 0.29) is 17.8 Å². The maximum Gasteiger partial charge on any atom is 0.229 e. The number of aryl methyl sites for hydroxylation is 1. The largest absolute Gasteiger partial charge is 0.340 e. The molecule has 1 aliphatic heterocycles. The van der Waals surface area contributed by atoms with Crippen molar-refractivity contribution in [1.82, 2.24) is 19.9 Å². The average molecular weight is 358 g/mol. The van der Waals surface area contributed by atoms with Crippen LogP contribution in [-0.2, 0) is 11.2 Å². The summed E-state index contributed by atoms with van der Waals surface area (Å²) in [4.78, 5) is 26.9. The summed E-state index contributed by atoms with van der Waals surface area (Å²) in [5.41, 5.74) is 2.22. The Morgan fingerprint density at radius 1 is 1.40 bits per heavy atom. The Morgan fingerprint density at radius 3 is 3.08 bits per heavy atom. The van der Waals surface area contributed by atoms with Gasteiger partial charge < -0.3 is 9.88 Å². The number of nitrogens with zero attached hydrogens (tertiary/aromatic N) is 3. The summed E-state index contributed by atoms with van der Waals surface area (Å²) < 4.78 is 13.4. The molecule has 130 valence electrons. The lowest BCUT2D eigenvalue weighted by Gasteiger charge is -2.34. The molecule has 0 bridgehead atoms. The predicted molar refractivity (Wildman–Crippen MR) is 94.9 cm³/mol. The normalized spacial score (nSPS) is 18.0. The van der Waals surface area contributed by atoms with Crippen molar-refractivity contribution < 1.29 is 9.18 Å². The number of benzene rings is 1. The predicted octanol–water partition coefficient (Wildman–Crippen LogP) is 3.76. The van der Waals surface area contributed by atoms with Crippen molar-refractivity contribution in [3.63, 3.8) is 0 Å². The summed E-state index contributed by atoms with van der Waals surface area (Å²) in [6, 6.07) is 4.43. The van der Waals surface area contributed by atoms with Gasteiger partial charge in [-0.1, -0.05) is 0 Å². The molecule has 1 atom stereocenters. The maximum atomic E-state index is 13.4. The third-order valence-electron chi connectivity index (χ3n) is 4.60. The van der Waals surface area contributed by atoms with E-state index in [4.69, 9.17) is 0 Å². The lowest BCUT2D eigenvalue weighted by Crippen LogP contribution is -2.39. The molecule has 0 spiro atoms. The number of rotatable bonds is 3. The van der Waals surface area contributed by atoms with Crippen molar-refractivity contribution >= 4 is 28.3 Å². The third-order valence-corrected chi connectivity index (χ3v) is 5.42. The van der Waals surface area contributed by atoms with E-state index in [0.717, 1.165) is 47.8 Å². The van der Waals surface area contributed by atoms with Crippen LogP contribution >= 0.6 is 11.3 Å². The van der Waals surface area contributed by atoms with Crippen LogP contribution < -0.4 is 0 Å². The van der Waals surface area contributed by atoms with Gasteiger partial charge in [-0.05, 0) is 44.4 Å². The number of nitrogens with one attached hydrogen (secondary N) is 1. The van der Waals surface area contributed by atoms with Gasteiger partial charge in [0.15, 0.2) is 0 Å². The number of hydrogen-bond acceptors (Lipinski definition) is 4. The molecule has 1 aliphatic rings. The Morgan fingerprint density at radius 2 is 2.28 bits per heavy atom. The third kappa shape index (κ3) is 3.28. The molecule has 1 unspecified atom stereocenters. The van der Waals surface area contributed by atoms with E-state index in [1.165, 1.54) is 12.1 Å². The molecular weight excluding hydrogens is 339 g/mol. The van der Waals surface area contributed by atoms with Crippen molar-refractivity contribution in [2.24, 2.45) is 0 Å². The molecule has 3 aromatic rings. The van der Waals surface area contributed by atoms with Gasteiger partial charge in [-0.3, -0.25) is 4.79 Å². The van der Waals surface area contributed by atoms with Crippen molar-refractivity contribution in [3.05, 3.63) is 45.9 Å². The number of likely N-dealkylation sites (tertiary alicyclic amines) is 1. The van der Waals surface area contributed by atoms with E-state index in [2.05, 4.69) is 15.0 Å². The highest BCUT2D eigenvalue weighted by Crippen LogP contribution is 2.31. The van der Waals surface area contributed by atoms with Gasteiger partial charge in [0, 0.05) is 11.9 Å². The molecule has 0 radical (unpaired) electrons. The fourth-order valence-electron chi connectivity index (χ4n) is 3.42. The van der Waals surface area contributed by atoms with Crippen LogP contribution in [0.5, 0.6) is 0 Å². The monoisotopic (exact) mass is 358 g/mol. The second kappa shape index (κ2) is 6.55. The lowest BCUT2D eigenvalue weighted by molar-refractivity contribution is -0.134. The molecular formula is C18H19FN4OS. The lowest BCUT2D eigenvalue weighted by atomic mass is 10.0. The van der Waals surface area contributed by atoms with E-state index in [9.17, 15) is 9.18 Å². The minimum atomic E-state index is -0.293. The standard InChI is InChI=1S/C18H19FN4OS/c1-11-20-13(10-25-11)9-17(24)23-7-3-2-4-16(23)18-21-14-6-5-12(19)8-15(14)22-18/h5-6,8,10,16H,2-4,7,9H2,1H3,(H,21,22). The fraction of sp³-hybridized carbons (Fsp3) is 0.389. The first-order valence-corrected chi connectivity index (χ1v) is 9.34. The van der Waals surface area contributed by atoms with Crippen LogP contribution in [0.1, 0.15) is 41.8 Å². The van der Waals surface area contributed by atoms with Gasteiger partial charge in [0.05, 0.1) is 34.2 Å². The number of halogens is 1. The smallest absolute Gasteiger partial charge is 0.229 e. The zero-order chi connectivity index (χ0) is 17.4. The zero-order valence-electron chi connectivity index (χ0n) is 14.0. The Hall–Kier alpha value is -2.28. The first-order chi connectivity index (χ1) is 12.1. The molecule has 5 nitrogen and oxygen atoms in total. The zero-order valence-corrected chi connectivity index (χ0v) is 14.8. The number of hydrogen-bond donors (Lipinski definition) is 1. The van der Waals surface area contributed by atoms with Gasteiger partial charge in [0.25, 0.3) is 0 Å². The van der Waals surface area contributed by atoms with Crippen LogP contribution in [0, 0.1) is 12.7 Å². The minimum absolute atomic E-state index is 0.0710. The van der Waals surface area contributed by atoms with E-state index < -0.39 is 0 Å². The van der Waals surface area contributed by atoms with Crippen molar-refractivity contribution in [2.45, 2.75) is 38.6 Å². The highest BCUT2D eigenvalue weighted by molar-refractivity contribution is 7.09. The van der Waals surface area contributed by atoms with Crippen LogP contribution in [0.2, 0.25) is 0 Å². The van der Waals surface area contributed by atoms with Gasteiger partial charge in [0.1, 0.15) is 11.6 Å². The number of amides is 1. The van der Waals surface area contributed by atoms with E-state index in [1.807, 2.05) is 17.2 Å². The number of imidazole rings is 1. The topological polar surface area (TPSA) is 61.9 Å². The number of aromatic amines is 1. The first-order valence-electron chi connectivity index (χ1n) is 8.46. The second-order valence-corrected chi connectivity index (χ2v) is 7.48. The van der Waals surface area contributed by atoms with Crippen molar-refractivity contribution in [3.8, 4) is 0 Å². The summed E-state index contributed by atoms with van der Waals surface area (Å²) >= 11 is 1.56. The van der Waals surface area contributed by atoms with Crippen LogP contribution in [-0.4, -0.2) is 32.3 Å². The molecule has 1 fully saturated rings. The van der Waals surface area contributed by atoms with Gasteiger partial charge in [-0.2, -0.15) is 0 Å². The molecule has 1 saturated heterocycles. The van der Waals surface area contributed by atoms with E-state index in [0.29, 0.717) is 11.9 Å². The molecule has 25 heavy (non-hydrogen) atoms. The van der Waals surface area contributed by atoms with Gasteiger partial charge >= 0.3 is 0 Å². The number of carbonyl (C=O) groups is 1. The van der Waals surface area contributed by atoms with Crippen molar-refractivity contribution in [2.75, 3.05) is 6.54 Å². The van der Waals surface area contributed by atoms with Crippen molar-refractivity contribution in [1.29, 1.82) is 0 Å². The van der Waals surface area contributed by atoms with Gasteiger partial charge in [0.2, 0.25) is 5.91 Å². The summed E-state index contributed by atoms with van der Waals surface area (Å²) in [5, 5.41) is 2.91. The Kier molecular flexibility index (Phi) is 4.25. The summed E-state index contributed by atoms with van der Waals surface area (Å²) in [5.74, 6) is 0.517. The molecule has 2 aromatic heterocycles. The molecule has 1 N–H and O–H groups in total. The highest BCUT2D eigenvalue weighted by Gasteiger charge is 2.30. The number of fused-ring (bicyclic) bond motifs is 1. The number of piperidine rings is 1. The molecule has 3 heterocycles. The fourth-order valence-corrected chi connectivity index (χ4v) is 4.03. The quantitative estimate of drug-likeness (QED) is 0.775. The first kappa shape index (κ1) is 16.2. The molecule has 0 aliphatic carbocycles. The number of thiazole rings is 1. The number of aromatic nitrogens is 3. The molecule has 1 aromatic carbocycles. The van der Waals surface area contributed by atoms with E-state index in [1.54, 1.807) is 17.4 Å². The summed E-state index contributed by atoms with van der Waals surface area (Å²) in [6.45, 7) is 2.66. The Labute approximate surface area is 148 Å². The van der Waals surface area contributed by atoms with Crippen LogP contribution in [0.25, 0.3) is 11.0 Å². The molecule has 0 saturated carbocycles. The average Bonchev–Trinajstić information content (AvgIpc) is 3.20. The second-order valence-electron chi connectivity index (χ2n) is 6.42.